The summed E-state index contributed by atoms with van der Waals surface area (Å²) < 4.78 is 30.1. The number of carbonyl (C=O) groups is 1. The number of hydrogen-bond donors (Lipinski definition) is 0. The molecule has 1 aliphatic carbocycles. The standard InChI is InChI=1S/C30H38N4O4S/c1-21-10-11-22(2)28(18-21)33-14-16-34(17-15-33)30(36)26-20-31(3)27-13-12-24(19-25(27)29(26)35)39(37,38)32(4)23-8-6-5-7-9-23/h10-13,18-20,23H,5-9,14-17H2,1-4H3. The Morgan fingerprint density at radius 2 is 1.64 bits per heavy atom. The van der Waals surface area contributed by atoms with Crippen molar-refractivity contribution in [3.8, 4) is 0 Å². The van der Waals surface area contributed by atoms with Crippen LogP contribution < -0.4 is 10.3 Å². The van der Waals surface area contributed by atoms with Crippen molar-refractivity contribution >= 4 is 32.5 Å². The van der Waals surface area contributed by atoms with E-state index < -0.39 is 15.5 Å². The van der Waals surface area contributed by atoms with Gasteiger partial charge in [0.05, 0.1) is 10.4 Å². The summed E-state index contributed by atoms with van der Waals surface area (Å²) in [5.41, 5.74) is 3.80. The van der Waals surface area contributed by atoms with Gasteiger partial charge in [-0.1, -0.05) is 31.4 Å². The van der Waals surface area contributed by atoms with E-state index in [0.29, 0.717) is 31.7 Å². The molecule has 0 unspecified atom stereocenters. The molecule has 2 aromatic carbocycles. The minimum Gasteiger partial charge on any atom is -0.368 e. The van der Waals surface area contributed by atoms with Crippen LogP contribution in [0.3, 0.4) is 0 Å². The fourth-order valence-corrected chi connectivity index (χ4v) is 7.42. The number of benzene rings is 2. The first-order valence-electron chi connectivity index (χ1n) is 13.8. The third-order valence-electron chi connectivity index (χ3n) is 8.43. The van der Waals surface area contributed by atoms with Crippen LogP contribution in [0.4, 0.5) is 5.69 Å². The molecule has 0 radical (unpaired) electrons. The first-order valence-corrected chi connectivity index (χ1v) is 15.2. The summed E-state index contributed by atoms with van der Waals surface area (Å²) in [5, 5.41) is 0.246. The minimum atomic E-state index is -3.77. The molecular weight excluding hydrogens is 512 g/mol. The monoisotopic (exact) mass is 550 g/mol. The van der Waals surface area contributed by atoms with Crippen LogP contribution in [0.25, 0.3) is 10.9 Å². The summed E-state index contributed by atoms with van der Waals surface area (Å²) in [6, 6.07) is 11.0. The molecule has 0 atom stereocenters. The maximum Gasteiger partial charge on any atom is 0.259 e. The third-order valence-corrected chi connectivity index (χ3v) is 10.3. The van der Waals surface area contributed by atoms with Crippen LogP contribution >= 0.6 is 0 Å². The van der Waals surface area contributed by atoms with Gasteiger partial charge in [-0.15, -0.1) is 0 Å². The highest BCUT2D eigenvalue weighted by atomic mass is 32.2. The van der Waals surface area contributed by atoms with Crippen LogP contribution in [0, 0.1) is 13.8 Å². The normalized spacial score (nSPS) is 17.3. The quantitative estimate of drug-likeness (QED) is 0.478. The van der Waals surface area contributed by atoms with Gasteiger partial charge in [-0.3, -0.25) is 9.59 Å². The summed E-state index contributed by atoms with van der Waals surface area (Å²) in [6.45, 7) is 6.54. The molecule has 1 saturated heterocycles. The van der Waals surface area contributed by atoms with Crippen molar-refractivity contribution in [2.75, 3.05) is 38.1 Å². The largest absolute Gasteiger partial charge is 0.368 e. The number of hydrogen-bond acceptors (Lipinski definition) is 5. The second-order valence-electron chi connectivity index (χ2n) is 11.0. The number of sulfonamides is 1. The van der Waals surface area contributed by atoms with Crippen LogP contribution in [0.2, 0.25) is 0 Å². The van der Waals surface area contributed by atoms with E-state index >= 15 is 0 Å². The van der Waals surface area contributed by atoms with E-state index in [1.807, 2.05) is 0 Å². The van der Waals surface area contributed by atoms with Crippen LogP contribution in [0.15, 0.2) is 52.3 Å². The first-order chi connectivity index (χ1) is 18.6. The molecule has 0 bridgehead atoms. The van der Waals surface area contributed by atoms with Crippen molar-refractivity contribution < 1.29 is 13.2 Å². The second-order valence-corrected chi connectivity index (χ2v) is 13.0. The zero-order valence-electron chi connectivity index (χ0n) is 23.3. The number of aromatic nitrogens is 1. The summed E-state index contributed by atoms with van der Waals surface area (Å²) in [6.07, 6.45) is 6.45. The molecule has 8 nitrogen and oxygen atoms in total. The Morgan fingerprint density at radius 3 is 2.33 bits per heavy atom. The number of rotatable bonds is 5. The smallest absolute Gasteiger partial charge is 0.259 e. The Kier molecular flexibility index (Phi) is 7.57. The van der Waals surface area contributed by atoms with Gasteiger partial charge in [0.2, 0.25) is 15.5 Å². The molecule has 9 heteroatoms. The zero-order valence-corrected chi connectivity index (χ0v) is 24.1. The lowest BCUT2D eigenvalue weighted by atomic mass is 9.96. The van der Waals surface area contributed by atoms with E-state index in [-0.39, 0.29) is 27.8 Å². The number of fused-ring (bicyclic) bond motifs is 1. The van der Waals surface area contributed by atoms with Crippen molar-refractivity contribution in [1.29, 1.82) is 0 Å². The van der Waals surface area contributed by atoms with E-state index in [1.165, 1.54) is 27.2 Å². The predicted molar refractivity (Wildman–Crippen MR) is 155 cm³/mol. The van der Waals surface area contributed by atoms with Crippen molar-refractivity contribution in [3.63, 3.8) is 0 Å². The van der Waals surface area contributed by atoms with E-state index in [9.17, 15) is 18.0 Å². The van der Waals surface area contributed by atoms with Crippen LogP contribution in [-0.4, -0.2) is 67.4 Å². The Bertz CT molecular complexity index is 1570. The topological polar surface area (TPSA) is 82.9 Å². The Hall–Kier alpha value is -3.17. The van der Waals surface area contributed by atoms with Crippen molar-refractivity contribution in [3.05, 3.63) is 69.5 Å². The van der Waals surface area contributed by atoms with Gasteiger partial charge in [0, 0.05) is 63.6 Å². The molecular formula is C30H38N4O4S. The second kappa shape index (κ2) is 10.8. The lowest BCUT2D eigenvalue weighted by molar-refractivity contribution is 0.0745. The SMILES string of the molecule is Cc1ccc(C)c(N2CCN(C(=O)c3cn(C)c4ccc(S(=O)(=O)N(C)C5CCCCC5)cc4c3=O)CC2)c1. The minimum absolute atomic E-state index is 0.0301. The molecule has 208 valence electrons. The predicted octanol–water partition coefficient (Wildman–Crippen LogP) is 4.07. The summed E-state index contributed by atoms with van der Waals surface area (Å²) in [5.74, 6) is -0.314. The van der Waals surface area contributed by atoms with Crippen molar-refractivity contribution in [1.82, 2.24) is 13.8 Å². The molecule has 2 aliphatic rings. The molecule has 0 spiro atoms. The molecule has 3 aromatic rings. The maximum atomic E-state index is 13.6. The van der Waals surface area contributed by atoms with E-state index in [1.54, 1.807) is 41.9 Å². The van der Waals surface area contributed by atoms with Gasteiger partial charge in [0.15, 0.2) is 0 Å². The zero-order chi connectivity index (χ0) is 27.9. The molecule has 5 rings (SSSR count). The highest BCUT2D eigenvalue weighted by Gasteiger charge is 2.30. The van der Waals surface area contributed by atoms with E-state index in [4.69, 9.17) is 0 Å². The Morgan fingerprint density at radius 1 is 0.949 bits per heavy atom. The van der Waals surface area contributed by atoms with Gasteiger partial charge in [-0.25, -0.2) is 8.42 Å². The fraction of sp³-hybridized carbons (Fsp3) is 0.467. The lowest BCUT2D eigenvalue weighted by Gasteiger charge is -2.37. The molecule has 1 aliphatic heterocycles. The molecule has 2 fully saturated rings. The average Bonchev–Trinajstić information content (AvgIpc) is 2.95. The molecule has 2 heterocycles. The summed E-state index contributed by atoms with van der Waals surface area (Å²) in [4.78, 5) is 31.2. The lowest BCUT2D eigenvalue weighted by Crippen LogP contribution is -2.49. The van der Waals surface area contributed by atoms with E-state index in [0.717, 1.165) is 32.1 Å². The van der Waals surface area contributed by atoms with Gasteiger partial charge < -0.3 is 14.4 Å². The molecule has 0 N–H and O–H groups in total. The molecule has 39 heavy (non-hydrogen) atoms. The fourth-order valence-electron chi connectivity index (χ4n) is 5.97. The van der Waals surface area contributed by atoms with Gasteiger partial charge in [0.25, 0.3) is 5.91 Å². The van der Waals surface area contributed by atoms with Crippen LogP contribution in [-0.2, 0) is 17.1 Å². The number of aryl methyl sites for hydroxylation is 3. The van der Waals surface area contributed by atoms with Crippen LogP contribution in [0.5, 0.6) is 0 Å². The molecule has 1 amide bonds. The summed E-state index contributed by atoms with van der Waals surface area (Å²) >= 11 is 0. The Balaban J connectivity index is 1.41. The molecule has 1 aromatic heterocycles. The van der Waals surface area contributed by atoms with Gasteiger partial charge >= 0.3 is 0 Å². The number of carbonyl (C=O) groups excluding carboxylic acids is 1. The van der Waals surface area contributed by atoms with Crippen LogP contribution in [0.1, 0.15) is 53.6 Å². The highest BCUT2D eigenvalue weighted by Crippen LogP contribution is 2.28. The number of piperazine rings is 1. The van der Waals surface area contributed by atoms with Crippen molar-refractivity contribution in [2.24, 2.45) is 7.05 Å². The molecule has 1 saturated carbocycles. The third kappa shape index (κ3) is 5.22. The number of pyridine rings is 1. The average molecular weight is 551 g/mol. The Labute approximate surface area is 230 Å². The van der Waals surface area contributed by atoms with Gasteiger partial charge in [-0.2, -0.15) is 4.31 Å². The van der Waals surface area contributed by atoms with Crippen molar-refractivity contribution in [2.45, 2.75) is 56.9 Å². The number of nitrogens with zero attached hydrogens (tertiary/aromatic N) is 4. The van der Waals surface area contributed by atoms with Gasteiger partial charge in [0.1, 0.15) is 5.56 Å². The maximum absolute atomic E-state index is 13.6. The first kappa shape index (κ1) is 27.4. The highest BCUT2D eigenvalue weighted by molar-refractivity contribution is 7.89. The van der Waals surface area contributed by atoms with Gasteiger partial charge in [-0.05, 0) is 62.1 Å². The summed E-state index contributed by atoms with van der Waals surface area (Å²) in [7, 11) is -0.361. The number of amides is 1. The van der Waals surface area contributed by atoms with E-state index in [2.05, 4.69) is 36.9 Å². The number of anilines is 1.